The van der Waals surface area contributed by atoms with Crippen LogP contribution >= 0.6 is 0 Å². The zero-order chi connectivity index (χ0) is 41.3. The molecule has 1 aromatic heterocycles. The minimum atomic E-state index is -0.385. The van der Waals surface area contributed by atoms with Gasteiger partial charge in [0.05, 0.1) is 35.9 Å². The number of allylic oxidation sites excluding steroid dienone is 1. The molecule has 2 aliphatic heterocycles. The van der Waals surface area contributed by atoms with Crippen LogP contribution in [0.15, 0.2) is 122 Å². The van der Waals surface area contributed by atoms with Crippen molar-refractivity contribution in [3.8, 4) is 11.1 Å². The molecule has 0 amide bonds. The van der Waals surface area contributed by atoms with E-state index in [0.717, 1.165) is 120 Å². The highest BCUT2D eigenvalue weighted by atomic mass is 16.1. The number of likely N-dealkylation sites (N-methyl/N-ethyl adjacent to an activating group) is 2. The highest BCUT2D eigenvalue weighted by molar-refractivity contribution is 6.19. The van der Waals surface area contributed by atoms with Gasteiger partial charge in [-0.3, -0.25) is 20.2 Å². The van der Waals surface area contributed by atoms with Crippen LogP contribution in [0.3, 0.4) is 0 Å². The van der Waals surface area contributed by atoms with Crippen LogP contribution < -0.4 is 20.1 Å². The predicted octanol–water partition coefficient (Wildman–Crippen LogP) is 8.58. The Kier molecular flexibility index (Phi) is 11.3. The molecule has 1 saturated heterocycles. The third-order valence-electron chi connectivity index (χ3n) is 12.3. The van der Waals surface area contributed by atoms with Crippen LogP contribution in [-0.4, -0.2) is 84.5 Å². The number of hydrogen-bond acceptors (Lipinski definition) is 8. The monoisotopic (exact) mass is 775 g/mol. The first kappa shape index (κ1) is 40.1. The Morgan fingerprint density at radius 1 is 1.03 bits per heavy atom. The molecule has 1 aliphatic carbocycles. The van der Waals surface area contributed by atoms with Gasteiger partial charge < -0.3 is 20.0 Å². The van der Waals surface area contributed by atoms with E-state index in [0.29, 0.717) is 11.4 Å². The lowest BCUT2D eigenvalue weighted by molar-refractivity contribution is 0.112. The van der Waals surface area contributed by atoms with E-state index in [-0.39, 0.29) is 17.6 Å². The van der Waals surface area contributed by atoms with Crippen LogP contribution in [0.1, 0.15) is 78.1 Å². The molecule has 1 unspecified atom stereocenters. The van der Waals surface area contributed by atoms with Crippen molar-refractivity contribution < 1.29 is 4.79 Å². The Morgan fingerprint density at radius 2 is 1.74 bits per heavy atom. The first-order valence-corrected chi connectivity index (χ1v) is 20.3. The maximum Gasteiger partial charge on any atom is 0.150 e. The normalized spacial score (nSPS) is 16.5. The summed E-state index contributed by atoms with van der Waals surface area (Å²) >= 11 is 0. The summed E-state index contributed by atoms with van der Waals surface area (Å²) < 4.78 is 0. The van der Waals surface area contributed by atoms with Gasteiger partial charge in [-0.2, -0.15) is 9.89 Å². The number of aliphatic imine (C=N–C) groups is 1. The number of fused-ring (bicyclic) bond motifs is 1. The Balaban J connectivity index is 1.11. The molecule has 300 valence electrons. The summed E-state index contributed by atoms with van der Waals surface area (Å²) in [4.78, 5) is 26.3. The van der Waals surface area contributed by atoms with E-state index in [9.17, 15) is 4.79 Å². The van der Waals surface area contributed by atoms with Gasteiger partial charge in [0.15, 0.2) is 6.29 Å². The number of aldehydes is 1. The van der Waals surface area contributed by atoms with Crippen molar-refractivity contribution in [1.29, 1.82) is 5.41 Å². The summed E-state index contributed by atoms with van der Waals surface area (Å²) in [5, 5.41) is 19.1. The summed E-state index contributed by atoms with van der Waals surface area (Å²) in [5.74, 6) is 0.430. The molecule has 10 heteroatoms. The first-order chi connectivity index (χ1) is 27.9. The SMILES string of the molecule is C=CCCC(C(=C)NC)N(C)C(=C)c1c(C=O)cccc1N1CCC(N(C)n2cc(-c3ccc4c(c3)C(c3ccc(C)cc3)=NC3(CC3)C(=C)N4C(C)=N)cn2)CC1. The number of hydrogen-bond donors (Lipinski definition) is 2. The number of carbonyl (C=O) groups excluding carboxylic acids is 1. The van der Waals surface area contributed by atoms with Crippen molar-refractivity contribution in [2.24, 2.45) is 4.99 Å². The Bertz CT molecular complexity index is 2290. The maximum atomic E-state index is 12.4. The Morgan fingerprint density at radius 3 is 2.38 bits per heavy atom. The number of carbonyl (C=O) groups is 1. The van der Waals surface area contributed by atoms with Crippen LogP contribution in [0.4, 0.5) is 11.4 Å². The van der Waals surface area contributed by atoms with Crippen LogP contribution in [0.25, 0.3) is 16.8 Å². The third kappa shape index (κ3) is 7.51. The fraction of sp³-hybridized carbons (Fsp3) is 0.333. The second-order valence-corrected chi connectivity index (χ2v) is 16.0. The topological polar surface area (TPSA) is 96.1 Å². The van der Waals surface area contributed by atoms with E-state index in [4.69, 9.17) is 15.5 Å². The van der Waals surface area contributed by atoms with Crippen LogP contribution in [-0.2, 0) is 0 Å². The fourth-order valence-electron chi connectivity index (χ4n) is 8.55. The van der Waals surface area contributed by atoms with Crippen molar-refractivity contribution in [3.63, 3.8) is 0 Å². The van der Waals surface area contributed by atoms with Gasteiger partial charge in [-0.1, -0.05) is 73.8 Å². The molecule has 58 heavy (non-hydrogen) atoms. The van der Waals surface area contributed by atoms with Crippen molar-refractivity contribution in [1.82, 2.24) is 20.1 Å². The number of nitrogens with zero attached hydrogens (tertiary/aromatic N) is 7. The van der Waals surface area contributed by atoms with E-state index in [1.54, 1.807) is 0 Å². The fourth-order valence-corrected chi connectivity index (χ4v) is 8.55. The molecule has 3 aromatic carbocycles. The standard InChI is InChI=1S/C48H57N9O/c1-10-11-14-43(33(3)50-7)53(8)34(4)46-39(31-58)13-12-15-45(46)55-26-22-41(23-27-55)54(9)56-30-40(29-51-56)38-20-21-44-42(28-38)47(37-18-16-32(2)17-19-37)52-48(24-25-48)35(5)57(44)36(6)49/h10,12-13,15-21,28-31,41,43,49-50H,1,3-5,11,14,22-27H2,2,6-9H3. The second kappa shape index (κ2) is 16.4. The lowest BCUT2D eigenvalue weighted by atomic mass is 9.96. The molecule has 1 atom stereocenters. The molecule has 1 spiro atoms. The second-order valence-electron chi connectivity index (χ2n) is 16.0. The molecule has 3 heterocycles. The van der Waals surface area contributed by atoms with Gasteiger partial charge in [0.1, 0.15) is 11.4 Å². The van der Waals surface area contributed by atoms with Crippen molar-refractivity contribution in [3.05, 3.63) is 145 Å². The molecule has 1 saturated carbocycles. The number of nitrogens with one attached hydrogen (secondary N) is 2. The smallest absolute Gasteiger partial charge is 0.150 e. The van der Waals surface area contributed by atoms with Gasteiger partial charge in [0.2, 0.25) is 0 Å². The molecular weight excluding hydrogens is 719 g/mol. The molecule has 4 aromatic rings. The molecule has 0 bridgehead atoms. The van der Waals surface area contributed by atoms with Gasteiger partial charge in [-0.25, -0.2) is 0 Å². The summed E-state index contributed by atoms with van der Waals surface area (Å²) in [6.07, 6.45) is 12.2. The van der Waals surface area contributed by atoms with E-state index >= 15 is 0 Å². The number of anilines is 2. The largest absolute Gasteiger partial charge is 0.390 e. The zero-order valence-corrected chi connectivity index (χ0v) is 34.8. The molecule has 0 radical (unpaired) electrons. The van der Waals surface area contributed by atoms with Gasteiger partial charge in [-0.15, -0.1) is 6.58 Å². The highest BCUT2D eigenvalue weighted by Gasteiger charge is 2.50. The zero-order valence-electron chi connectivity index (χ0n) is 34.8. The Labute approximate surface area is 344 Å². The Hall–Kier alpha value is -6.16. The lowest BCUT2D eigenvalue weighted by Gasteiger charge is -2.40. The van der Waals surface area contributed by atoms with E-state index in [1.165, 1.54) is 5.56 Å². The van der Waals surface area contributed by atoms with Gasteiger partial charge in [0, 0.05) is 84.8 Å². The molecule has 3 aliphatic rings. The number of amidine groups is 1. The number of rotatable bonds is 14. The summed E-state index contributed by atoms with van der Waals surface area (Å²) in [6, 6.07) is 21.2. The van der Waals surface area contributed by atoms with Crippen molar-refractivity contribution in [2.75, 3.05) is 49.0 Å². The molecular formula is C48H57N9O. The molecule has 10 nitrogen and oxygen atoms in total. The van der Waals surface area contributed by atoms with E-state index in [1.807, 2.05) is 55.1 Å². The third-order valence-corrected chi connectivity index (χ3v) is 12.3. The molecule has 7 rings (SSSR count). The first-order valence-electron chi connectivity index (χ1n) is 20.3. The van der Waals surface area contributed by atoms with E-state index < -0.39 is 0 Å². The molecule has 2 fully saturated rings. The summed E-state index contributed by atoms with van der Waals surface area (Å²) in [5.41, 5.74) is 11.8. The minimum Gasteiger partial charge on any atom is -0.390 e. The van der Waals surface area contributed by atoms with Gasteiger partial charge >= 0.3 is 0 Å². The van der Waals surface area contributed by atoms with Crippen LogP contribution in [0, 0.1) is 12.3 Å². The molecule has 2 N–H and O–H groups in total. The average molecular weight is 776 g/mol. The quantitative estimate of drug-likeness (QED) is 0.0574. The summed E-state index contributed by atoms with van der Waals surface area (Å²) in [7, 11) is 6.02. The predicted molar refractivity (Wildman–Crippen MR) is 241 cm³/mol. The van der Waals surface area contributed by atoms with Crippen LogP contribution in [0.2, 0.25) is 0 Å². The van der Waals surface area contributed by atoms with E-state index in [2.05, 4.69) is 115 Å². The number of aromatic nitrogens is 2. The summed E-state index contributed by atoms with van der Waals surface area (Å²) in [6.45, 7) is 22.7. The van der Waals surface area contributed by atoms with Crippen molar-refractivity contribution in [2.45, 2.75) is 70.0 Å². The van der Waals surface area contributed by atoms with Crippen molar-refractivity contribution >= 4 is 34.9 Å². The van der Waals surface area contributed by atoms with Gasteiger partial charge in [0.25, 0.3) is 0 Å². The van der Waals surface area contributed by atoms with Crippen LogP contribution in [0.5, 0.6) is 0 Å². The number of piperidine rings is 1. The average Bonchev–Trinajstić information content (AvgIpc) is 3.89. The maximum absolute atomic E-state index is 12.4. The lowest BCUT2D eigenvalue weighted by Crippen LogP contribution is -2.48. The number of benzene rings is 3. The number of aryl methyl sites for hydroxylation is 1. The highest BCUT2D eigenvalue weighted by Crippen LogP contribution is 2.51. The minimum absolute atomic E-state index is 0.00827. The van der Waals surface area contributed by atoms with Gasteiger partial charge in [-0.05, 0) is 76.1 Å².